The molecular formula is C26H49N3O2. The molecule has 0 bridgehead atoms. The van der Waals surface area contributed by atoms with Crippen molar-refractivity contribution in [3.05, 3.63) is 0 Å². The predicted molar refractivity (Wildman–Crippen MR) is 129 cm³/mol. The Bertz CT molecular complexity index is 561. The largest absolute Gasteiger partial charge is 0.354 e. The Balaban J connectivity index is 1.75. The minimum absolute atomic E-state index is 0.0302. The molecule has 0 spiro atoms. The number of piperidine rings is 1. The van der Waals surface area contributed by atoms with Crippen LogP contribution in [-0.4, -0.2) is 48.4 Å². The minimum Gasteiger partial charge on any atom is -0.354 e. The molecule has 2 N–H and O–H groups in total. The van der Waals surface area contributed by atoms with E-state index >= 15 is 0 Å². The topological polar surface area (TPSA) is 61.4 Å². The lowest BCUT2D eigenvalue weighted by atomic mass is 9.69. The van der Waals surface area contributed by atoms with E-state index in [1.165, 1.54) is 32.2 Å². The van der Waals surface area contributed by atoms with Gasteiger partial charge in [0.25, 0.3) is 0 Å². The number of nitrogens with one attached hydrogen (secondary N) is 2. The molecule has 2 atom stereocenters. The second kappa shape index (κ2) is 12.2. The molecule has 5 nitrogen and oxygen atoms in total. The number of amides is 2. The Morgan fingerprint density at radius 1 is 1.03 bits per heavy atom. The van der Waals surface area contributed by atoms with Gasteiger partial charge in [0.2, 0.25) is 11.8 Å². The fourth-order valence-corrected chi connectivity index (χ4v) is 5.45. The average Bonchev–Trinajstić information content (AvgIpc) is 2.74. The summed E-state index contributed by atoms with van der Waals surface area (Å²) in [5.74, 6) is 0.866. The van der Waals surface area contributed by atoms with Gasteiger partial charge in [-0.15, -0.1) is 0 Å². The molecule has 2 rings (SSSR count). The maximum absolute atomic E-state index is 12.9. The number of carbonyl (C=O) groups excluding carboxylic acids is 2. The van der Waals surface area contributed by atoms with Gasteiger partial charge in [-0.3, -0.25) is 9.59 Å². The van der Waals surface area contributed by atoms with Crippen LogP contribution in [0.5, 0.6) is 0 Å². The average molecular weight is 436 g/mol. The number of hydrogen-bond acceptors (Lipinski definition) is 3. The van der Waals surface area contributed by atoms with Crippen LogP contribution in [0.4, 0.5) is 0 Å². The van der Waals surface area contributed by atoms with E-state index in [1.807, 2.05) is 13.8 Å². The summed E-state index contributed by atoms with van der Waals surface area (Å²) < 4.78 is 0. The fourth-order valence-electron chi connectivity index (χ4n) is 5.45. The normalized spacial score (nSPS) is 26.5. The highest BCUT2D eigenvalue weighted by atomic mass is 16.2. The van der Waals surface area contributed by atoms with Gasteiger partial charge in [0.05, 0.1) is 0 Å². The molecule has 180 valence electrons. The molecule has 0 radical (unpaired) electrons. The molecule has 0 unspecified atom stereocenters. The Labute approximate surface area is 191 Å². The third kappa shape index (κ3) is 8.07. The molecule has 31 heavy (non-hydrogen) atoms. The summed E-state index contributed by atoms with van der Waals surface area (Å²) in [6, 6.07) is 0.270. The van der Waals surface area contributed by atoms with Crippen LogP contribution in [0.15, 0.2) is 0 Å². The highest BCUT2D eigenvalue weighted by Gasteiger charge is 2.34. The van der Waals surface area contributed by atoms with E-state index in [0.29, 0.717) is 23.9 Å². The van der Waals surface area contributed by atoms with Crippen molar-refractivity contribution >= 4 is 11.8 Å². The van der Waals surface area contributed by atoms with E-state index in [0.717, 1.165) is 38.6 Å². The van der Waals surface area contributed by atoms with E-state index in [9.17, 15) is 9.59 Å². The molecule has 5 heteroatoms. The summed E-state index contributed by atoms with van der Waals surface area (Å²) in [6.45, 7) is 16.1. The Hall–Kier alpha value is -1.10. The maximum atomic E-state index is 12.9. The molecule has 2 aliphatic rings. The highest BCUT2D eigenvalue weighted by molar-refractivity contribution is 5.88. The molecule has 0 aromatic heterocycles. The van der Waals surface area contributed by atoms with Crippen molar-refractivity contribution in [3.63, 3.8) is 0 Å². The summed E-state index contributed by atoms with van der Waals surface area (Å²) >= 11 is 0. The number of rotatable bonds is 9. The smallest absolute Gasteiger partial charge is 0.242 e. The highest BCUT2D eigenvalue weighted by Crippen LogP contribution is 2.39. The van der Waals surface area contributed by atoms with Crippen LogP contribution < -0.4 is 10.6 Å². The van der Waals surface area contributed by atoms with Gasteiger partial charge in [-0.2, -0.15) is 0 Å². The van der Waals surface area contributed by atoms with Gasteiger partial charge in [-0.05, 0) is 75.2 Å². The molecule has 2 amide bonds. The van der Waals surface area contributed by atoms with E-state index in [2.05, 4.69) is 43.2 Å². The van der Waals surface area contributed by atoms with Crippen molar-refractivity contribution < 1.29 is 9.59 Å². The zero-order valence-corrected chi connectivity index (χ0v) is 21.1. The van der Waals surface area contributed by atoms with Crippen LogP contribution in [0.25, 0.3) is 0 Å². The molecule has 2 fully saturated rings. The van der Waals surface area contributed by atoms with Crippen molar-refractivity contribution in [2.24, 2.45) is 23.2 Å². The van der Waals surface area contributed by atoms with E-state index in [-0.39, 0.29) is 23.7 Å². The standard InChI is InChI=1S/C26H49N3O2/c1-7-22-11-8-9-17-29(22)18-10-16-27-25(31)23(19(2)3)28-24(30)20-12-14-21(15-13-20)26(4,5)6/h19-23H,7-18H2,1-6H3,(H,27,31)(H,28,30)/t20?,21?,22-,23-/m0/s1. The first kappa shape index (κ1) is 26.2. The van der Waals surface area contributed by atoms with Gasteiger partial charge in [0.1, 0.15) is 6.04 Å². The zero-order chi connectivity index (χ0) is 23.0. The van der Waals surface area contributed by atoms with Crippen LogP contribution in [-0.2, 0) is 9.59 Å². The van der Waals surface area contributed by atoms with Crippen molar-refractivity contribution in [3.8, 4) is 0 Å². The molecule has 0 aromatic carbocycles. The fraction of sp³-hybridized carbons (Fsp3) is 0.923. The first-order valence-corrected chi connectivity index (χ1v) is 13.0. The number of likely N-dealkylation sites (tertiary alicyclic amines) is 1. The van der Waals surface area contributed by atoms with Crippen LogP contribution in [0.2, 0.25) is 0 Å². The van der Waals surface area contributed by atoms with Gasteiger partial charge >= 0.3 is 0 Å². The molecule has 1 saturated carbocycles. The van der Waals surface area contributed by atoms with E-state index in [4.69, 9.17) is 0 Å². The summed E-state index contributed by atoms with van der Waals surface area (Å²) in [6.07, 6.45) is 10.2. The summed E-state index contributed by atoms with van der Waals surface area (Å²) in [5.41, 5.74) is 0.313. The molecule has 0 aromatic rings. The van der Waals surface area contributed by atoms with Crippen LogP contribution in [0.1, 0.15) is 99.3 Å². The van der Waals surface area contributed by atoms with Gasteiger partial charge < -0.3 is 15.5 Å². The first-order valence-electron chi connectivity index (χ1n) is 13.0. The van der Waals surface area contributed by atoms with Crippen molar-refractivity contribution in [1.82, 2.24) is 15.5 Å². The van der Waals surface area contributed by atoms with Crippen molar-refractivity contribution in [2.75, 3.05) is 19.6 Å². The van der Waals surface area contributed by atoms with Crippen LogP contribution >= 0.6 is 0 Å². The molecule has 1 aliphatic carbocycles. The molecule has 1 aliphatic heterocycles. The minimum atomic E-state index is -0.439. The summed E-state index contributed by atoms with van der Waals surface area (Å²) in [4.78, 5) is 28.3. The quantitative estimate of drug-likeness (QED) is 0.514. The van der Waals surface area contributed by atoms with Crippen LogP contribution in [0.3, 0.4) is 0 Å². The third-order valence-electron chi connectivity index (χ3n) is 7.71. The Morgan fingerprint density at radius 2 is 1.71 bits per heavy atom. The summed E-state index contributed by atoms with van der Waals surface area (Å²) in [5, 5.41) is 6.18. The first-order chi connectivity index (χ1) is 14.6. The van der Waals surface area contributed by atoms with Gasteiger partial charge in [0, 0.05) is 25.0 Å². The predicted octanol–water partition coefficient (Wildman–Crippen LogP) is 4.75. The van der Waals surface area contributed by atoms with Gasteiger partial charge in [0.15, 0.2) is 0 Å². The van der Waals surface area contributed by atoms with E-state index < -0.39 is 6.04 Å². The number of hydrogen-bond donors (Lipinski definition) is 2. The lowest BCUT2D eigenvalue weighted by Crippen LogP contribution is -2.52. The molecular weight excluding hydrogens is 386 g/mol. The Kier molecular flexibility index (Phi) is 10.3. The Morgan fingerprint density at radius 3 is 2.29 bits per heavy atom. The van der Waals surface area contributed by atoms with E-state index in [1.54, 1.807) is 0 Å². The second-order valence-electron chi connectivity index (χ2n) is 11.4. The van der Waals surface area contributed by atoms with Gasteiger partial charge in [-0.1, -0.05) is 48.0 Å². The SMILES string of the molecule is CC[C@H]1CCCCN1CCCNC(=O)[C@@H](NC(=O)C1CCC(C(C)(C)C)CC1)C(C)C. The van der Waals surface area contributed by atoms with Crippen molar-refractivity contribution in [1.29, 1.82) is 0 Å². The summed E-state index contributed by atoms with van der Waals surface area (Å²) in [7, 11) is 0. The lowest BCUT2D eigenvalue weighted by Gasteiger charge is -2.37. The van der Waals surface area contributed by atoms with Crippen LogP contribution in [0, 0.1) is 23.2 Å². The molecule has 1 heterocycles. The third-order valence-corrected chi connectivity index (χ3v) is 7.71. The monoisotopic (exact) mass is 435 g/mol. The number of carbonyl (C=O) groups is 2. The molecule has 1 saturated heterocycles. The second-order valence-corrected chi connectivity index (χ2v) is 11.4. The van der Waals surface area contributed by atoms with Crippen molar-refractivity contribution in [2.45, 2.75) is 111 Å². The van der Waals surface area contributed by atoms with Gasteiger partial charge in [-0.25, -0.2) is 0 Å². The maximum Gasteiger partial charge on any atom is 0.242 e. The number of nitrogens with zero attached hydrogens (tertiary/aromatic N) is 1. The lowest BCUT2D eigenvalue weighted by molar-refractivity contribution is -0.133. The zero-order valence-electron chi connectivity index (χ0n) is 21.1.